The number of ether oxygens (including phenoxy) is 1. The Morgan fingerprint density at radius 1 is 1.26 bits per heavy atom. The van der Waals surface area contributed by atoms with Crippen LogP contribution in [0, 0.1) is 6.92 Å². The fourth-order valence-electron chi connectivity index (χ4n) is 1.91. The molecule has 0 saturated heterocycles. The maximum atomic E-state index is 12.4. The smallest absolute Gasteiger partial charge is 0.387 e. The van der Waals surface area contributed by atoms with E-state index in [0.29, 0.717) is 5.56 Å². The summed E-state index contributed by atoms with van der Waals surface area (Å²) in [6.45, 7) is -0.906. The lowest BCUT2D eigenvalue weighted by atomic mass is 10.0. The van der Waals surface area contributed by atoms with E-state index in [1.165, 1.54) is 17.4 Å². The standard InChI is InChI=1S/C13H14F2N2OS/c1-8-6-7-19-12(8)11(17-16)9-4-2-3-5-10(9)18-13(14)15/h2-7,11,13,17H,16H2,1H3. The molecule has 1 atom stereocenters. The van der Waals surface area contributed by atoms with Gasteiger partial charge in [0.15, 0.2) is 0 Å². The molecule has 0 aliphatic carbocycles. The largest absolute Gasteiger partial charge is 0.434 e. The van der Waals surface area contributed by atoms with E-state index in [9.17, 15) is 8.78 Å². The van der Waals surface area contributed by atoms with Crippen LogP contribution in [-0.2, 0) is 0 Å². The molecule has 2 aromatic rings. The van der Waals surface area contributed by atoms with Gasteiger partial charge >= 0.3 is 6.61 Å². The van der Waals surface area contributed by atoms with Crippen molar-refractivity contribution < 1.29 is 13.5 Å². The van der Waals surface area contributed by atoms with Crippen LogP contribution in [0.25, 0.3) is 0 Å². The second kappa shape index (κ2) is 6.10. The average Bonchev–Trinajstić information content (AvgIpc) is 2.78. The van der Waals surface area contributed by atoms with Crippen LogP contribution in [0.15, 0.2) is 35.7 Å². The Kier molecular flexibility index (Phi) is 4.47. The second-order valence-corrected chi connectivity index (χ2v) is 4.93. The summed E-state index contributed by atoms with van der Waals surface area (Å²) in [7, 11) is 0. The Morgan fingerprint density at radius 2 is 2.00 bits per heavy atom. The number of benzene rings is 1. The molecular weight excluding hydrogens is 270 g/mol. The predicted octanol–water partition coefficient (Wildman–Crippen LogP) is 3.21. The average molecular weight is 284 g/mol. The minimum atomic E-state index is -2.86. The normalized spacial score (nSPS) is 12.7. The molecule has 102 valence electrons. The number of halogens is 2. The summed E-state index contributed by atoms with van der Waals surface area (Å²) >= 11 is 1.52. The van der Waals surface area contributed by atoms with E-state index in [1.807, 2.05) is 18.4 Å². The number of nitrogens with one attached hydrogen (secondary N) is 1. The van der Waals surface area contributed by atoms with Gasteiger partial charge in [-0.25, -0.2) is 5.43 Å². The third-order valence-corrected chi connectivity index (χ3v) is 3.86. The van der Waals surface area contributed by atoms with Crippen molar-refractivity contribution in [3.63, 3.8) is 0 Å². The minimum Gasteiger partial charge on any atom is -0.434 e. The highest BCUT2D eigenvalue weighted by Crippen LogP contribution is 2.34. The summed E-state index contributed by atoms with van der Waals surface area (Å²) in [5, 5.41) is 1.94. The van der Waals surface area contributed by atoms with E-state index in [1.54, 1.807) is 18.2 Å². The third-order valence-electron chi connectivity index (χ3n) is 2.78. The third kappa shape index (κ3) is 3.09. The van der Waals surface area contributed by atoms with Crippen LogP contribution in [0.1, 0.15) is 22.0 Å². The van der Waals surface area contributed by atoms with Crippen LogP contribution in [0.4, 0.5) is 8.78 Å². The van der Waals surface area contributed by atoms with Crippen LogP contribution in [-0.4, -0.2) is 6.61 Å². The molecule has 19 heavy (non-hydrogen) atoms. The molecule has 1 aromatic carbocycles. The first-order valence-electron chi connectivity index (χ1n) is 5.67. The summed E-state index contributed by atoms with van der Waals surface area (Å²) in [6.07, 6.45) is 0. The summed E-state index contributed by atoms with van der Waals surface area (Å²) in [4.78, 5) is 0.979. The van der Waals surface area contributed by atoms with E-state index in [4.69, 9.17) is 5.84 Å². The van der Waals surface area contributed by atoms with Crippen molar-refractivity contribution >= 4 is 11.3 Å². The number of aryl methyl sites for hydroxylation is 1. The van der Waals surface area contributed by atoms with Gasteiger partial charge in [0, 0.05) is 10.4 Å². The molecule has 1 unspecified atom stereocenters. The van der Waals surface area contributed by atoms with Gasteiger partial charge < -0.3 is 4.74 Å². The van der Waals surface area contributed by atoms with Crippen LogP contribution >= 0.6 is 11.3 Å². The SMILES string of the molecule is Cc1ccsc1C(NN)c1ccccc1OC(F)F. The van der Waals surface area contributed by atoms with Gasteiger partial charge in [-0.15, -0.1) is 11.3 Å². The number of rotatable bonds is 5. The molecule has 0 radical (unpaired) electrons. The van der Waals surface area contributed by atoms with Crippen molar-refractivity contribution in [2.24, 2.45) is 5.84 Å². The molecule has 0 amide bonds. The highest BCUT2D eigenvalue weighted by Gasteiger charge is 2.21. The number of para-hydroxylation sites is 1. The lowest BCUT2D eigenvalue weighted by Gasteiger charge is -2.19. The Bertz CT molecular complexity index is 545. The molecular formula is C13H14F2N2OS. The lowest BCUT2D eigenvalue weighted by molar-refractivity contribution is -0.0506. The molecule has 3 nitrogen and oxygen atoms in total. The molecule has 0 saturated carbocycles. The molecule has 2 rings (SSSR count). The molecule has 0 fully saturated rings. The van der Waals surface area contributed by atoms with Gasteiger partial charge in [-0.1, -0.05) is 18.2 Å². The maximum Gasteiger partial charge on any atom is 0.387 e. The fraction of sp³-hybridized carbons (Fsp3) is 0.231. The number of hydrogen-bond donors (Lipinski definition) is 2. The summed E-state index contributed by atoms with van der Waals surface area (Å²) in [5.74, 6) is 5.71. The van der Waals surface area contributed by atoms with Crippen molar-refractivity contribution in [2.75, 3.05) is 0 Å². The molecule has 0 aliphatic heterocycles. The van der Waals surface area contributed by atoms with E-state index in [0.717, 1.165) is 10.4 Å². The van der Waals surface area contributed by atoms with Crippen molar-refractivity contribution in [2.45, 2.75) is 19.6 Å². The number of hydrazine groups is 1. The van der Waals surface area contributed by atoms with Crippen LogP contribution in [0.5, 0.6) is 5.75 Å². The first-order chi connectivity index (χ1) is 9.13. The first kappa shape index (κ1) is 13.9. The topological polar surface area (TPSA) is 47.3 Å². The zero-order valence-electron chi connectivity index (χ0n) is 10.3. The van der Waals surface area contributed by atoms with Gasteiger partial charge in [0.25, 0.3) is 0 Å². The van der Waals surface area contributed by atoms with Crippen molar-refractivity contribution in [3.05, 3.63) is 51.7 Å². The second-order valence-electron chi connectivity index (χ2n) is 3.98. The number of hydrogen-bond acceptors (Lipinski definition) is 4. The zero-order valence-corrected chi connectivity index (χ0v) is 11.1. The van der Waals surface area contributed by atoms with Gasteiger partial charge in [-0.05, 0) is 30.0 Å². The zero-order chi connectivity index (χ0) is 13.8. The molecule has 3 N–H and O–H groups in total. The van der Waals surface area contributed by atoms with Crippen LogP contribution in [0.3, 0.4) is 0 Å². The van der Waals surface area contributed by atoms with Crippen molar-refractivity contribution in [3.8, 4) is 5.75 Å². The monoisotopic (exact) mass is 284 g/mol. The number of alkyl halides is 2. The Hall–Kier alpha value is -1.50. The van der Waals surface area contributed by atoms with Crippen LogP contribution in [0.2, 0.25) is 0 Å². The molecule has 0 bridgehead atoms. The molecule has 0 aliphatic rings. The highest BCUT2D eigenvalue weighted by atomic mass is 32.1. The van der Waals surface area contributed by atoms with E-state index in [2.05, 4.69) is 10.2 Å². The van der Waals surface area contributed by atoms with Crippen molar-refractivity contribution in [1.29, 1.82) is 0 Å². The summed E-state index contributed by atoms with van der Waals surface area (Å²) < 4.78 is 29.4. The number of nitrogens with two attached hydrogens (primary N) is 1. The summed E-state index contributed by atoms with van der Waals surface area (Å²) in [5.41, 5.74) is 4.31. The van der Waals surface area contributed by atoms with E-state index in [-0.39, 0.29) is 11.8 Å². The van der Waals surface area contributed by atoms with E-state index < -0.39 is 6.61 Å². The minimum absolute atomic E-state index is 0.133. The summed E-state index contributed by atoms with van der Waals surface area (Å²) in [6, 6.07) is 8.24. The predicted molar refractivity (Wildman–Crippen MR) is 71.3 cm³/mol. The Morgan fingerprint density at radius 3 is 2.58 bits per heavy atom. The molecule has 6 heteroatoms. The Balaban J connectivity index is 2.41. The van der Waals surface area contributed by atoms with Gasteiger partial charge in [0.05, 0.1) is 6.04 Å². The molecule has 0 spiro atoms. The van der Waals surface area contributed by atoms with Gasteiger partial charge in [0.1, 0.15) is 5.75 Å². The number of thiophene rings is 1. The van der Waals surface area contributed by atoms with Gasteiger partial charge in [-0.2, -0.15) is 8.78 Å². The van der Waals surface area contributed by atoms with Gasteiger partial charge in [-0.3, -0.25) is 5.84 Å². The quantitative estimate of drug-likeness (QED) is 0.654. The van der Waals surface area contributed by atoms with Gasteiger partial charge in [0.2, 0.25) is 0 Å². The Labute approximate surface area is 114 Å². The molecule has 1 heterocycles. The highest BCUT2D eigenvalue weighted by molar-refractivity contribution is 7.10. The van der Waals surface area contributed by atoms with Crippen LogP contribution < -0.4 is 16.0 Å². The molecule has 1 aromatic heterocycles. The lowest BCUT2D eigenvalue weighted by Crippen LogP contribution is -2.29. The maximum absolute atomic E-state index is 12.4. The van der Waals surface area contributed by atoms with E-state index >= 15 is 0 Å². The fourth-order valence-corrected chi connectivity index (χ4v) is 2.91. The van der Waals surface area contributed by atoms with Crippen molar-refractivity contribution in [1.82, 2.24) is 5.43 Å². The first-order valence-corrected chi connectivity index (χ1v) is 6.55.